The lowest BCUT2D eigenvalue weighted by atomic mass is 10.1. The number of carbonyl (C=O) groups excluding carboxylic acids is 1. The second kappa shape index (κ2) is 10.8. The lowest BCUT2D eigenvalue weighted by Gasteiger charge is -2.12. The number of benzene rings is 2. The fourth-order valence-corrected chi connectivity index (χ4v) is 2.33. The Balaban J connectivity index is 0.00000338. The maximum Gasteiger partial charge on any atom is 0.259 e. The summed E-state index contributed by atoms with van der Waals surface area (Å²) in [6, 6.07) is 10.1. The van der Waals surface area contributed by atoms with Crippen LogP contribution in [-0.2, 0) is 4.74 Å². The van der Waals surface area contributed by atoms with Crippen molar-refractivity contribution >= 4 is 41.3 Å². The Morgan fingerprint density at radius 1 is 1.19 bits per heavy atom. The number of nitrogens with one attached hydrogen (secondary N) is 1. The second-order valence-electron chi connectivity index (χ2n) is 5.25. The van der Waals surface area contributed by atoms with E-state index in [9.17, 15) is 4.79 Å². The van der Waals surface area contributed by atoms with Gasteiger partial charge in [0.15, 0.2) is 0 Å². The molecule has 26 heavy (non-hydrogen) atoms. The molecule has 0 radical (unpaired) electrons. The van der Waals surface area contributed by atoms with Crippen LogP contribution in [0.1, 0.15) is 16.8 Å². The van der Waals surface area contributed by atoms with Gasteiger partial charge in [0.05, 0.1) is 30.0 Å². The number of nitrogen functional groups attached to an aromatic ring is 1. The van der Waals surface area contributed by atoms with Gasteiger partial charge in [-0.05, 0) is 18.2 Å². The minimum Gasteiger partial charge on any atom is -0.496 e. The largest absolute Gasteiger partial charge is 0.496 e. The third kappa shape index (κ3) is 5.98. The Morgan fingerprint density at radius 2 is 1.96 bits per heavy atom. The highest BCUT2D eigenvalue weighted by atomic mass is 35.5. The van der Waals surface area contributed by atoms with E-state index in [4.69, 9.17) is 31.5 Å². The van der Waals surface area contributed by atoms with Gasteiger partial charge < -0.3 is 25.3 Å². The lowest BCUT2D eigenvalue weighted by molar-refractivity contribution is 0.102. The second-order valence-corrected chi connectivity index (χ2v) is 5.66. The Hall–Kier alpha value is -2.15. The molecule has 142 valence electrons. The quantitative estimate of drug-likeness (QED) is 0.516. The van der Waals surface area contributed by atoms with Crippen molar-refractivity contribution in [1.29, 1.82) is 0 Å². The maximum absolute atomic E-state index is 12.5. The van der Waals surface area contributed by atoms with Gasteiger partial charge in [0.1, 0.15) is 11.5 Å². The molecule has 0 aliphatic heterocycles. The van der Waals surface area contributed by atoms with E-state index in [0.29, 0.717) is 46.7 Å². The van der Waals surface area contributed by atoms with Crippen molar-refractivity contribution in [3.05, 3.63) is 47.0 Å². The minimum atomic E-state index is -0.352. The number of hydrogen-bond donors (Lipinski definition) is 2. The molecular formula is C18H22Cl2N2O4. The van der Waals surface area contributed by atoms with E-state index in [0.717, 1.165) is 6.42 Å². The normalized spacial score (nSPS) is 9.96. The lowest BCUT2D eigenvalue weighted by Crippen LogP contribution is -2.13. The number of nitrogens with two attached hydrogens (primary N) is 1. The first-order chi connectivity index (χ1) is 12.0. The van der Waals surface area contributed by atoms with Gasteiger partial charge in [-0.25, -0.2) is 0 Å². The first-order valence-corrected chi connectivity index (χ1v) is 8.09. The number of anilines is 2. The number of carbonyl (C=O) groups is 1. The maximum atomic E-state index is 12.5. The van der Waals surface area contributed by atoms with Gasteiger partial charge in [0, 0.05) is 38.0 Å². The molecule has 1 amide bonds. The van der Waals surface area contributed by atoms with E-state index in [1.165, 1.54) is 19.2 Å². The van der Waals surface area contributed by atoms with E-state index in [1.807, 2.05) is 6.07 Å². The SMILES string of the molecule is COCCCOc1cccc(NC(=O)c2cc(Cl)c(N)cc2OC)c1.Cl. The number of methoxy groups -OCH3 is 2. The fraction of sp³-hybridized carbons (Fsp3) is 0.278. The van der Waals surface area contributed by atoms with Gasteiger partial charge in [0.2, 0.25) is 0 Å². The number of hydrogen-bond acceptors (Lipinski definition) is 5. The summed E-state index contributed by atoms with van der Waals surface area (Å²) in [5.41, 5.74) is 6.99. The zero-order chi connectivity index (χ0) is 18.2. The van der Waals surface area contributed by atoms with Crippen LogP contribution in [0.4, 0.5) is 11.4 Å². The zero-order valence-electron chi connectivity index (χ0n) is 14.6. The first kappa shape index (κ1) is 21.9. The zero-order valence-corrected chi connectivity index (χ0v) is 16.2. The molecule has 0 spiro atoms. The van der Waals surface area contributed by atoms with Gasteiger partial charge in [0.25, 0.3) is 5.91 Å². The van der Waals surface area contributed by atoms with Crippen LogP contribution in [0, 0.1) is 0 Å². The molecule has 0 bridgehead atoms. The molecule has 0 saturated heterocycles. The Kier molecular flexibility index (Phi) is 9.05. The Bertz CT molecular complexity index is 741. The van der Waals surface area contributed by atoms with Gasteiger partial charge in [-0.1, -0.05) is 17.7 Å². The summed E-state index contributed by atoms with van der Waals surface area (Å²) < 4.78 is 15.8. The highest BCUT2D eigenvalue weighted by Gasteiger charge is 2.15. The molecule has 0 atom stereocenters. The Morgan fingerprint density at radius 3 is 2.65 bits per heavy atom. The molecule has 2 rings (SSSR count). The molecule has 3 N–H and O–H groups in total. The fourth-order valence-electron chi connectivity index (χ4n) is 2.17. The van der Waals surface area contributed by atoms with Crippen molar-refractivity contribution in [2.75, 3.05) is 38.5 Å². The van der Waals surface area contributed by atoms with Crippen molar-refractivity contribution in [2.24, 2.45) is 0 Å². The predicted octanol–water partition coefficient (Wildman–Crippen LogP) is 4.02. The minimum absolute atomic E-state index is 0. The number of ether oxygens (including phenoxy) is 3. The first-order valence-electron chi connectivity index (χ1n) is 7.71. The summed E-state index contributed by atoms with van der Waals surface area (Å²) >= 11 is 6.01. The number of amides is 1. The summed E-state index contributed by atoms with van der Waals surface area (Å²) in [6.07, 6.45) is 0.786. The topological polar surface area (TPSA) is 82.8 Å². The van der Waals surface area contributed by atoms with Crippen molar-refractivity contribution in [3.8, 4) is 11.5 Å². The van der Waals surface area contributed by atoms with E-state index in [-0.39, 0.29) is 18.3 Å². The van der Waals surface area contributed by atoms with Gasteiger partial charge in [-0.2, -0.15) is 0 Å². The Labute approximate surface area is 164 Å². The van der Waals surface area contributed by atoms with Gasteiger partial charge in [-0.3, -0.25) is 4.79 Å². The summed E-state index contributed by atoms with van der Waals surface area (Å²) in [4.78, 5) is 12.5. The summed E-state index contributed by atoms with van der Waals surface area (Å²) in [5, 5.41) is 3.09. The highest BCUT2D eigenvalue weighted by molar-refractivity contribution is 6.33. The molecule has 0 fully saturated rings. The third-order valence-electron chi connectivity index (χ3n) is 3.42. The van der Waals surface area contributed by atoms with Crippen LogP contribution >= 0.6 is 24.0 Å². The summed E-state index contributed by atoms with van der Waals surface area (Å²) in [5.74, 6) is 0.665. The van der Waals surface area contributed by atoms with Crippen molar-refractivity contribution in [1.82, 2.24) is 0 Å². The molecular weight excluding hydrogens is 379 g/mol. The van der Waals surface area contributed by atoms with E-state index in [1.54, 1.807) is 25.3 Å². The highest BCUT2D eigenvalue weighted by Crippen LogP contribution is 2.29. The van der Waals surface area contributed by atoms with Crippen LogP contribution in [-0.4, -0.2) is 33.3 Å². The monoisotopic (exact) mass is 400 g/mol. The molecule has 2 aromatic rings. The van der Waals surface area contributed by atoms with Crippen LogP contribution in [0.2, 0.25) is 5.02 Å². The molecule has 0 aliphatic carbocycles. The van der Waals surface area contributed by atoms with Crippen molar-refractivity contribution < 1.29 is 19.0 Å². The van der Waals surface area contributed by atoms with Gasteiger partial charge in [-0.15, -0.1) is 12.4 Å². The molecule has 6 nitrogen and oxygen atoms in total. The summed E-state index contributed by atoms with van der Waals surface area (Å²) in [6.45, 7) is 1.17. The third-order valence-corrected chi connectivity index (χ3v) is 3.74. The molecule has 0 unspecified atom stereocenters. The molecule has 2 aromatic carbocycles. The number of halogens is 2. The van der Waals surface area contributed by atoms with Crippen molar-refractivity contribution in [2.45, 2.75) is 6.42 Å². The van der Waals surface area contributed by atoms with E-state index < -0.39 is 0 Å². The standard InChI is InChI=1S/C18H21ClN2O4.ClH/c1-23-7-4-8-25-13-6-3-5-12(9-13)21-18(22)14-10-15(19)16(20)11-17(14)24-2;/h3,5-6,9-11H,4,7-8,20H2,1-2H3,(H,21,22);1H. The molecule has 0 aliphatic rings. The molecule has 0 heterocycles. The van der Waals surface area contributed by atoms with Crippen LogP contribution in [0.5, 0.6) is 11.5 Å². The summed E-state index contributed by atoms with van der Waals surface area (Å²) in [7, 11) is 3.11. The van der Waals surface area contributed by atoms with E-state index in [2.05, 4.69) is 5.32 Å². The molecule has 8 heteroatoms. The van der Waals surface area contributed by atoms with Gasteiger partial charge >= 0.3 is 0 Å². The predicted molar refractivity (Wildman–Crippen MR) is 106 cm³/mol. The van der Waals surface area contributed by atoms with E-state index >= 15 is 0 Å². The smallest absolute Gasteiger partial charge is 0.259 e. The van der Waals surface area contributed by atoms with Crippen molar-refractivity contribution in [3.63, 3.8) is 0 Å². The van der Waals surface area contributed by atoms with Crippen LogP contribution in [0.3, 0.4) is 0 Å². The average Bonchev–Trinajstić information content (AvgIpc) is 2.61. The number of rotatable bonds is 8. The van der Waals surface area contributed by atoms with Crippen LogP contribution in [0.25, 0.3) is 0 Å². The van der Waals surface area contributed by atoms with Crippen LogP contribution < -0.4 is 20.5 Å². The molecule has 0 saturated carbocycles. The average molecular weight is 401 g/mol. The molecule has 0 aromatic heterocycles. The van der Waals surface area contributed by atoms with Crippen LogP contribution in [0.15, 0.2) is 36.4 Å².